The predicted molar refractivity (Wildman–Crippen MR) is 71.1 cm³/mol. The van der Waals surface area contributed by atoms with Gasteiger partial charge in [0.05, 0.1) is 11.6 Å². The monoisotopic (exact) mass is 305 g/mol. The highest BCUT2D eigenvalue weighted by Gasteiger charge is 2.16. The molecule has 1 N–H and O–H groups in total. The minimum atomic E-state index is -2.83. The molecule has 1 amide bonds. The van der Waals surface area contributed by atoms with E-state index < -0.39 is 6.61 Å². The van der Waals surface area contributed by atoms with Crippen molar-refractivity contribution in [3.8, 4) is 0 Å². The van der Waals surface area contributed by atoms with Gasteiger partial charge in [0.2, 0.25) is 0 Å². The molecule has 1 aromatic heterocycles. The topological polar surface area (TPSA) is 38.3 Å². The second-order valence-corrected chi connectivity index (χ2v) is 5.06. The highest BCUT2D eigenvalue weighted by atomic mass is 35.5. The van der Waals surface area contributed by atoms with E-state index in [1.807, 2.05) is 24.3 Å². The molecule has 0 unspecified atom stereocenters. The largest absolute Gasteiger partial charge is 0.349 e. The number of thiophene rings is 1. The average Bonchev–Trinajstić information content (AvgIpc) is 2.72. The molecular formula is C12H10ClF2NO2S. The Balaban J connectivity index is 2.03. The van der Waals surface area contributed by atoms with Gasteiger partial charge in [-0.05, 0) is 6.07 Å². The maximum atomic E-state index is 11.9. The van der Waals surface area contributed by atoms with Crippen LogP contribution in [-0.2, 0) is 4.74 Å². The number of rotatable bonds is 5. The molecule has 1 heterocycles. The number of amides is 1. The SMILES string of the molecule is O=C(NCCOC(F)F)c1sc2ccccc2c1Cl. The molecule has 0 saturated heterocycles. The molecule has 1 aromatic carbocycles. The van der Waals surface area contributed by atoms with Gasteiger partial charge in [0, 0.05) is 16.6 Å². The van der Waals surface area contributed by atoms with Crippen molar-refractivity contribution in [2.75, 3.05) is 13.2 Å². The summed E-state index contributed by atoms with van der Waals surface area (Å²) in [4.78, 5) is 12.2. The molecule has 0 bridgehead atoms. The number of alkyl halides is 2. The van der Waals surface area contributed by atoms with Gasteiger partial charge in [0.1, 0.15) is 4.88 Å². The number of carbonyl (C=O) groups is 1. The number of halogens is 3. The first-order valence-electron chi connectivity index (χ1n) is 5.44. The molecule has 3 nitrogen and oxygen atoms in total. The molecule has 0 spiro atoms. The van der Waals surface area contributed by atoms with Gasteiger partial charge in [-0.3, -0.25) is 4.79 Å². The molecule has 0 aliphatic rings. The van der Waals surface area contributed by atoms with Crippen LogP contribution in [0.5, 0.6) is 0 Å². The summed E-state index contributed by atoms with van der Waals surface area (Å²) in [5, 5.41) is 3.68. The van der Waals surface area contributed by atoms with Crippen LogP contribution >= 0.6 is 22.9 Å². The van der Waals surface area contributed by atoms with Gasteiger partial charge in [-0.15, -0.1) is 11.3 Å². The van der Waals surface area contributed by atoms with Crippen LogP contribution in [0, 0.1) is 0 Å². The molecule has 0 aliphatic heterocycles. The van der Waals surface area contributed by atoms with Crippen molar-refractivity contribution < 1.29 is 18.3 Å². The summed E-state index contributed by atoms with van der Waals surface area (Å²) in [5.74, 6) is -0.385. The molecular weight excluding hydrogens is 296 g/mol. The third-order valence-electron chi connectivity index (χ3n) is 2.37. The standard InChI is InChI=1S/C12H10ClF2NO2S/c13-9-7-3-1-2-4-8(7)19-10(9)11(17)16-5-6-18-12(14)15/h1-4,12H,5-6H2,(H,16,17). The lowest BCUT2D eigenvalue weighted by Gasteiger charge is -2.04. The van der Waals surface area contributed by atoms with Crippen LogP contribution in [0.4, 0.5) is 8.78 Å². The average molecular weight is 306 g/mol. The molecule has 0 fully saturated rings. The Morgan fingerprint density at radius 2 is 2.16 bits per heavy atom. The van der Waals surface area contributed by atoms with Gasteiger partial charge in [0.15, 0.2) is 0 Å². The molecule has 7 heteroatoms. The summed E-state index contributed by atoms with van der Waals surface area (Å²) < 4.78 is 28.4. The van der Waals surface area contributed by atoms with Crippen LogP contribution in [0.3, 0.4) is 0 Å². The summed E-state index contributed by atoms with van der Waals surface area (Å²) in [6.07, 6.45) is 0. The van der Waals surface area contributed by atoms with E-state index in [-0.39, 0.29) is 19.1 Å². The van der Waals surface area contributed by atoms with Gasteiger partial charge in [-0.2, -0.15) is 8.78 Å². The van der Waals surface area contributed by atoms with Crippen molar-refractivity contribution in [2.24, 2.45) is 0 Å². The first-order chi connectivity index (χ1) is 9.09. The maximum Gasteiger partial charge on any atom is 0.345 e. The van der Waals surface area contributed by atoms with E-state index in [4.69, 9.17) is 11.6 Å². The van der Waals surface area contributed by atoms with Crippen molar-refractivity contribution in [3.05, 3.63) is 34.2 Å². The Bertz CT molecular complexity index is 588. The summed E-state index contributed by atoms with van der Waals surface area (Å²) in [7, 11) is 0. The van der Waals surface area contributed by atoms with Crippen molar-refractivity contribution in [2.45, 2.75) is 6.61 Å². The van der Waals surface area contributed by atoms with E-state index in [2.05, 4.69) is 10.1 Å². The number of benzene rings is 1. The van der Waals surface area contributed by atoms with E-state index in [0.29, 0.717) is 9.90 Å². The molecule has 102 valence electrons. The molecule has 19 heavy (non-hydrogen) atoms. The van der Waals surface area contributed by atoms with Crippen LogP contribution in [0.2, 0.25) is 5.02 Å². The lowest BCUT2D eigenvalue weighted by atomic mass is 10.2. The first kappa shape index (κ1) is 14.2. The molecule has 2 rings (SSSR count). The zero-order chi connectivity index (χ0) is 13.8. The van der Waals surface area contributed by atoms with Crippen molar-refractivity contribution >= 4 is 38.9 Å². The fourth-order valence-corrected chi connectivity index (χ4v) is 2.99. The number of fused-ring (bicyclic) bond motifs is 1. The van der Waals surface area contributed by atoms with Crippen molar-refractivity contribution in [3.63, 3.8) is 0 Å². The predicted octanol–water partition coefficient (Wildman–Crippen LogP) is 3.52. The zero-order valence-corrected chi connectivity index (χ0v) is 11.2. The Morgan fingerprint density at radius 1 is 1.42 bits per heavy atom. The summed E-state index contributed by atoms with van der Waals surface area (Å²) in [6.45, 7) is -3.07. The van der Waals surface area contributed by atoms with E-state index in [9.17, 15) is 13.6 Å². The van der Waals surface area contributed by atoms with E-state index >= 15 is 0 Å². The highest BCUT2D eigenvalue weighted by molar-refractivity contribution is 7.21. The third kappa shape index (κ3) is 3.40. The van der Waals surface area contributed by atoms with Crippen LogP contribution in [0.25, 0.3) is 10.1 Å². The minimum Gasteiger partial charge on any atom is -0.349 e. The number of hydrogen-bond acceptors (Lipinski definition) is 3. The number of hydrogen-bond donors (Lipinski definition) is 1. The fourth-order valence-electron chi connectivity index (χ4n) is 1.55. The van der Waals surface area contributed by atoms with Crippen molar-refractivity contribution in [1.82, 2.24) is 5.32 Å². The number of carbonyl (C=O) groups excluding carboxylic acids is 1. The lowest BCUT2D eigenvalue weighted by Crippen LogP contribution is -2.27. The molecule has 0 atom stereocenters. The van der Waals surface area contributed by atoms with Gasteiger partial charge in [0.25, 0.3) is 5.91 Å². The second-order valence-electron chi connectivity index (χ2n) is 3.63. The Hall–Kier alpha value is -1.24. The maximum absolute atomic E-state index is 11.9. The minimum absolute atomic E-state index is 0.00769. The van der Waals surface area contributed by atoms with Gasteiger partial charge in [-0.25, -0.2) is 0 Å². The summed E-state index contributed by atoms with van der Waals surface area (Å²) >= 11 is 7.38. The second kappa shape index (κ2) is 6.27. The van der Waals surface area contributed by atoms with E-state index in [0.717, 1.165) is 10.1 Å². The van der Waals surface area contributed by atoms with E-state index in [1.54, 1.807) is 0 Å². The van der Waals surface area contributed by atoms with Crippen LogP contribution in [0.1, 0.15) is 9.67 Å². The fraction of sp³-hybridized carbons (Fsp3) is 0.250. The normalized spacial score (nSPS) is 11.2. The first-order valence-corrected chi connectivity index (χ1v) is 6.64. The molecule has 2 aromatic rings. The third-order valence-corrected chi connectivity index (χ3v) is 4.05. The lowest BCUT2D eigenvalue weighted by molar-refractivity contribution is -0.126. The van der Waals surface area contributed by atoms with Crippen LogP contribution in [0.15, 0.2) is 24.3 Å². The van der Waals surface area contributed by atoms with Crippen LogP contribution in [-0.4, -0.2) is 25.7 Å². The Kier molecular flexibility index (Phi) is 4.68. The quantitative estimate of drug-likeness (QED) is 0.858. The van der Waals surface area contributed by atoms with E-state index in [1.165, 1.54) is 11.3 Å². The van der Waals surface area contributed by atoms with Gasteiger partial charge in [-0.1, -0.05) is 29.8 Å². The molecule has 0 aliphatic carbocycles. The summed E-state index contributed by atoms with van der Waals surface area (Å²) in [6, 6.07) is 7.37. The smallest absolute Gasteiger partial charge is 0.345 e. The zero-order valence-electron chi connectivity index (χ0n) is 9.66. The highest BCUT2D eigenvalue weighted by Crippen LogP contribution is 2.34. The van der Waals surface area contributed by atoms with Gasteiger partial charge >= 0.3 is 6.61 Å². The van der Waals surface area contributed by atoms with Crippen LogP contribution < -0.4 is 5.32 Å². The Morgan fingerprint density at radius 3 is 2.84 bits per heavy atom. The molecule has 0 radical (unpaired) electrons. The Labute approximate surface area is 117 Å². The number of ether oxygens (including phenoxy) is 1. The summed E-state index contributed by atoms with van der Waals surface area (Å²) in [5.41, 5.74) is 0. The van der Waals surface area contributed by atoms with Crippen molar-refractivity contribution in [1.29, 1.82) is 0 Å². The molecule has 0 saturated carbocycles. The number of nitrogens with one attached hydrogen (secondary N) is 1. The van der Waals surface area contributed by atoms with Gasteiger partial charge < -0.3 is 10.1 Å².